The molecule has 0 saturated carbocycles. The maximum absolute atomic E-state index is 12.2. The molecule has 1 N–H and O–H groups in total. The van der Waals surface area contributed by atoms with Gasteiger partial charge in [0.25, 0.3) is 0 Å². The Bertz CT molecular complexity index is 691. The second kappa shape index (κ2) is 6.25. The number of hydrogen-bond acceptors (Lipinski definition) is 4. The first-order chi connectivity index (χ1) is 10.6. The molecule has 1 atom stereocenters. The summed E-state index contributed by atoms with van der Waals surface area (Å²) in [6.45, 7) is 6.71. The van der Waals surface area contributed by atoms with Gasteiger partial charge in [0, 0.05) is 26.1 Å². The van der Waals surface area contributed by atoms with E-state index in [0.29, 0.717) is 23.5 Å². The van der Waals surface area contributed by atoms with Gasteiger partial charge in [-0.1, -0.05) is 11.8 Å². The molecule has 1 saturated heterocycles. The Morgan fingerprint density at radius 3 is 2.61 bits per heavy atom. The molecular formula is C17H22N2O3S. The Morgan fingerprint density at radius 1 is 1.48 bits per heavy atom. The molecule has 0 aromatic carbocycles. The average Bonchev–Trinajstić information content (AvgIpc) is 3.01. The third-order valence-corrected chi connectivity index (χ3v) is 4.74. The van der Waals surface area contributed by atoms with Gasteiger partial charge in [-0.25, -0.2) is 4.79 Å². The summed E-state index contributed by atoms with van der Waals surface area (Å²) >= 11 is 1.16. The van der Waals surface area contributed by atoms with Gasteiger partial charge in [0.15, 0.2) is 0 Å². The van der Waals surface area contributed by atoms with Gasteiger partial charge >= 0.3 is 5.97 Å². The topological polar surface area (TPSA) is 60.9 Å². The minimum Gasteiger partial charge on any atom is -0.477 e. The number of nitrogens with zero attached hydrogens (tertiary/aromatic N) is 2. The minimum absolute atomic E-state index is 0.0253. The van der Waals surface area contributed by atoms with Crippen LogP contribution in [-0.4, -0.2) is 48.6 Å². The van der Waals surface area contributed by atoms with Gasteiger partial charge in [0.05, 0.1) is 10.6 Å². The fourth-order valence-electron chi connectivity index (χ4n) is 2.44. The smallest absolute Gasteiger partial charge is 0.348 e. The fraction of sp³-hybridized carbons (Fsp3) is 0.529. The summed E-state index contributed by atoms with van der Waals surface area (Å²) in [5.74, 6) is 5.20. The van der Waals surface area contributed by atoms with E-state index in [4.69, 9.17) is 0 Å². The molecule has 0 aliphatic carbocycles. The van der Waals surface area contributed by atoms with E-state index in [2.05, 4.69) is 11.8 Å². The van der Waals surface area contributed by atoms with Crippen molar-refractivity contribution in [2.24, 2.45) is 5.41 Å². The summed E-state index contributed by atoms with van der Waals surface area (Å²) in [5, 5.41) is 9.46. The van der Waals surface area contributed by atoms with Crippen molar-refractivity contribution >= 4 is 28.9 Å². The second-order valence-electron chi connectivity index (χ2n) is 6.81. The molecule has 1 aromatic heterocycles. The number of carbonyl (C=O) groups is 2. The Labute approximate surface area is 140 Å². The molecule has 1 aromatic rings. The largest absolute Gasteiger partial charge is 0.477 e. The molecule has 1 amide bonds. The van der Waals surface area contributed by atoms with Crippen LogP contribution in [0.4, 0.5) is 5.69 Å². The highest BCUT2D eigenvalue weighted by Crippen LogP contribution is 2.32. The zero-order chi connectivity index (χ0) is 17.4. The van der Waals surface area contributed by atoms with Crippen molar-refractivity contribution in [1.29, 1.82) is 0 Å². The standard InChI is InChI=1S/C17H22N2O3S/c1-17(2,3)8-6-11-10-13(14(23-11)16(21)22)19(5)12-7-9-18(4)15(12)20/h10,12H,7,9H2,1-5H3,(H,21,22). The van der Waals surface area contributed by atoms with Crippen LogP contribution in [0.15, 0.2) is 6.07 Å². The number of amides is 1. The third kappa shape index (κ3) is 3.85. The van der Waals surface area contributed by atoms with Crippen LogP contribution in [-0.2, 0) is 4.79 Å². The van der Waals surface area contributed by atoms with Gasteiger partial charge in [-0.15, -0.1) is 11.3 Å². The highest BCUT2D eigenvalue weighted by molar-refractivity contribution is 7.15. The average molecular weight is 334 g/mol. The number of likely N-dealkylation sites (tertiary alicyclic amines) is 1. The lowest BCUT2D eigenvalue weighted by atomic mass is 9.98. The molecular weight excluding hydrogens is 312 g/mol. The fourth-order valence-corrected chi connectivity index (χ4v) is 3.33. The van der Waals surface area contributed by atoms with Crippen LogP contribution in [0.3, 0.4) is 0 Å². The Balaban J connectivity index is 2.37. The summed E-state index contributed by atoms with van der Waals surface area (Å²) in [4.78, 5) is 28.1. The number of hydrogen-bond donors (Lipinski definition) is 1. The van der Waals surface area contributed by atoms with E-state index < -0.39 is 5.97 Å². The molecule has 1 aliphatic heterocycles. The molecule has 0 bridgehead atoms. The van der Waals surface area contributed by atoms with Gasteiger partial charge in [0.2, 0.25) is 5.91 Å². The first-order valence-electron chi connectivity index (χ1n) is 7.48. The van der Waals surface area contributed by atoms with E-state index in [-0.39, 0.29) is 22.2 Å². The molecule has 5 nitrogen and oxygen atoms in total. The Kier molecular flexibility index (Phi) is 4.71. The van der Waals surface area contributed by atoms with Crippen LogP contribution in [0.1, 0.15) is 41.7 Å². The summed E-state index contributed by atoms with van der Waals surface area (Å²) in [7, 11) is 3.54. The number of anilines is 1. The molecule has 1 aliphatic rings. The van der Waals surface area contributed by atoms with Crippen LogP contribution in [0.25, 0.3) is 0 Å². The SMILES string of the molecule is CN1CCC(N(C)c2cc(C#CC(C)(C)C)sc2C(=O)O)C1=O. The molecule has 2 rings (SSSR count). The van der Waals surface area contributed by atoms with E-state index in [0.717, 1.165) is 11.3 Å². The van der Waals surface area contributed by atoms with Gasteiger partial charge in [-0.2, -0.15) is 0 Å². The van der Waals surface area contributed by atoms with Crippen molar-refractivity contribution in [1.82, 2.24) is 4.90 Å². The van der Waals surface area contributed by atoms with Gasteiger partial charge in [-0.3, -0.25) is 4.79 Å². The number of thiophene rings is 1. The summed E-state index contributed by atoms with van der Waals surface area (Å²) in [6, 6.07) is 1.47. The van der Waals surface area contributed by atoms with Crippen LogP contribution in [0, 0.1) is 17.3 Å². The van der Waals surface area contributed by atoms with Crippen LogP contribution in [0.2, 0.25) is 0 Å². The first-order valence-corrected chi connectivity index (χ1v) is 8.30. The number of carbonyl (C=O) groups excluding carboxylic acids is 1. The van der Waals surface area contributed by atoms with Crippen LogP contribution in [0.5, 0.6) is 0 Å². The Morgan fingerprint density at radius 2 is 2.13 bits per heavy atom. The number of aromatic carboxylic acids is 1. The third-order valence-electron chi connectivity index (χ3n) is 3.71. The number of likely N-dealkylation sites (N-methyl/N-ethyl adjacent to an activating group) is 2. The lowest BCUT2D eigenvalue weighted by Crippen LogP contribution is -2.38. The molecule has 1 unspecified atom stereocenters. The van der Waals surface area contributed by atoms with Gasteiger partial charge in [0.1, 0.15) is 10.9 Å². The van der Waals surface area contributed by atoms with Gasteiger partial charge < -0.3 is 14.9 Å². The number of rotatable bonds is 3. The van der Waals surface area contributed by atoms with Crippen molar-refractivity contribution < 1.29 is 14.7 Å². The maximum Gasteiger partial charge on any atom is 0.348 e. The predicted octanol–water partition coefficient (Wildman–Crippen LogP) is 2.51. The molecule has 124 valence electrons. The van der Waals surface area contributed by atoms with Crippen molar-refractivity contribution in [2.75, 3.05) is 25.5 Å². The Hall–Kier alpha value is -2.00. The minimum atomic E-state index is -0.987. The molecule has 2 heterocycles. The molecule has 0 radical (unpaired) electrons. The molecule has 6 heteroatoms. The number of carboxylic acids is 1. The van der Waals surface area contributed by atoms with Crippen molar-refractivity contribution in [3.63, 3.8) is 0 Å². The van der Waals surface area contributed by atoms with Gasteiger partial charge in [-0.05, 0) is 33.3 Å². The molecule has 23 heavy (non-hydrogen) atoms. The summed E-state index contributed by atoms with van der Waals surface area (Å²) in [5.41, 5.74) is 0.415. The van der Waals surface area contributed by atoms with E-state index in [9.17, 15) is 14.7 Å². The first kappa shape index (κ1) is 17.4. The van der Waals surface area contributed by atoms with Crippen molar-refractivity contribution in [3.05, 3.63) is 15.8 Å². The molecule has 1 fully saturated rings. The molecule has 0 spiro atoms. The normalized spacial score (nSPS) is 17.9. The monoisotopic (exact) mass is 334 g/mol. The summed E-state index contributed by atoms with van der Waals surface area (Å²) < 4.78 is 0. The lowest BCUT2D eigenvalue weighted by Gasteiger charge is -2.24. The number of carboxylic acid groups (broad SMARTS) is 1. The highest BCUT2D eigenvalue weighted by atomic mass is 32.1. The van der Waals surface area contributed by atoms with E-state index in [1.54, 1.807) is 30.0 Å². The van der Waals surface area contributed by atoms with E-state index in [1.807, 2.05) is 20.8 Å². The predicted molar refractivity (Wildman–Crippen MR) is 92.1 cm³/mol. The quantitative estimate of drug-likeness (QED) is 0.863. The van der Waals surface area contributed by atoms with Crippen molar-refractivity contribution in [3.8, 4) is 11.8 Å². The lowest BCUT2D eigenvalue weighted by molar-refractivity contribution is -0.127. The van der Waals surface area contributed by atoms with Crippen LogP contribution >= 0.6 is 11.3 Å². The van der Waals surface area contributed by atoms with Crippen LogP contribution < -0.4 is 4.90 Å². The second-order valence-corrected chi connectivity index (χ2v) is 7.86. The van der Waals surface area contributed by atoms with E-state index in [1.165, 1.54) is 0 Å². The maximum atomic E-state index is 12.2. The van der Waals surface area contributed by atoms with E-state index >= 15 is 0 Å². The highest BCUT2D eigenvalue weighted by Gasteiger charge is 2.34. The zero-order valence-electron chi connectivity index (χ0n) is 14.1. The summed E-state index contributed by atoms with van der Waals surface area (Å²) in [6.07, 6.45) is 0.698. The van der Waals surface area contributed by atoms with Crippen molar-refractivity contribution in [2.45, 2.75) is 33.2 Å². The zero-order valence-corrected chi connectivity index (χ0v) is 15.0.